The van der Waals surface area contributed by atoms with Crippen LogP contribution < -0.4 is 0 Å². The topological polar surface area (TPSA) is 63.6 Å². The third kappa shape index (κ3) is 6.45. The first-order chi connectivity index (χ1) is 6.07. The van der Waals surface area contributed by atoms with Crippen LogP contribution in [0.3, 0.4) is 0 Å². The number of carboxylic acid groups (broad SMARTS) is 1. The van der Waals surface area contributed by atoms with Crippen molar-refractivity contribution in [3.8, 4) is 0 Å². The quantitative estimate of drug-likeness (QED) is 0.386. The lowest BCUT2D eigenvalue weighted by Gasteiger charge is -2.08. The maximum atomic E-state index is 11.0. The summed E-state index contributed by atoms with van der Waals surface area (Å²) in [5.74, 6) is -1.36. The molecule has 0 fully saturated rings. The number of aliphatic carboxylic acids is 1. The summed E-state index contributed by atoms with van der Waals surface area (Å²) in [6, 6.07) is 0. The van der Waals surface area contributed by atoms with Crippen LogP contribution in [0.5, 0.6) is 0 Å². The monoisotopic (exact) mass is 206 g/mol. The second-order valence-corrected chi connectivity index (χ2v) is 3.19. The maximum Gasteiger partial charge on any atom is 0.309 e. The van der Waals surface area contributed by atoms with E-state index in [0.29, 0.717) is 18.8 Å². The summed E-state index contributed by atoms with van der Waals surface area (Å²) in [4.78, 5) is 21.3. The fourth-order valence-electron chi connectivity index (χ4n) is 0.725. The minimum atomic E-state index is -0.987. The van der Waals surface area contributed by atoms with Gasteiger partial charge in [0.2, 0.25) is 0 Å². The van der Waals surface area contributed by atoms with Crippen molar-refractivity contribution in [1.82, 2.24) is 0 Å². The van der Waals surface area contributed by atoms with Crippen LogP contribution in [0.15, 0.2) is 0 Å². The van der Waals surface area contributed by atoms with Gasteiger partial charge in [0.1, 0.15) is 0 Å². The Morgan fingerprint density at radius 3 is 2.62 bits per heavy atom. The highest BCUT2D eigenvalue weighted by Gasteiger charge is 2.17. The molecule has 0 bridgehead atoms. The molecule has 0 spiro atoms. The molecule has 5 heteroatoms. The molecule has 0 rings (SSSR count). The number of thiol groups is 1. The molecule has 0 aliphatic carbocycles. The summed E-state index contributed by atoms with van der Waals surface area (Å²) in [6.07, 6.45) is 0.508. The van der Waals surface area contributed by atoms with E-state index in [9.17, 15) is 9.59 Å². The van der Waals surface area contributed by atoms with Gasteiger partial charge in [-0.3, -0.25) is 9.59 Å². The first kappa shape index (κ1) is 12.3. The Morgan fingerprint density at radius 2 is 2.15 bits per heavy atom. The molecule has 0 aromatic carbocycles. The third-order valence-corrected chi connectivity index (χ3v) is 1.75. The van der Waals surface area contributed by atoms with Gasteiger partial charge in [0.25, 0.3) is 0 Å². The molecular formula is C8H14O4S. The summed E-state index contributed by atoms with van der Waals surface area (Å²) >= 11 is 3.94. The fourth-order valence-corrected chi connectivity index (χ4v) is 0.854. The van der Waals surface area contributed by atoms with Crippen LogP contribution in [0.25, 0.3) is 0 Å². The Morgan fingerprint density at radius 1 is 1.54 bits per heavy atom. The van der Waals surface area contributed by atoms with Gasteiger partial charge < -0.3 is 9.84 Å². The third-order valence-electron chi connectivity index (χ3n) is 1.43. The zero-order valence-electron chi connectivity index (χ0n) is 7.52. The van der Waals surface area contributed by atoms with Crippen molar-refractivity contribution in [2.75, 3.05) is 12.4 Å². The zero-order chi connectivity index (χ0) is 10.3. The van der Waals surface area contributed by atoms with Crippen molar-refractivity contribution in [3.63, 3.8) is 0 Å². The molecular weight excluding hydrogens is 192 g/mol. The van der Waals surface area contributed by atoms with Crippen LogP contribution in [0.4, 0.5) is 0 Å². The predicted molar refractivity (Wildman–Crippen MR) is 50.8 cm³/mol. The number of rotatable bonds is 6. The molecule has 0 aromatic heterocycles. The Labute approximate surface area is 82.7 Å². The summed E-state index contributed by atoms with van der Waals surface area (Å²) in [5.41, 5.74) is 0. The van der Waals surface area contributed by atoms with Gasteiger partial charge in [0, 0.05) is 0 Å². The molecule has 0 saturated carbocycles. The molecule has 1 unspecified atom stereocenters. The van der Waals surface area contributed by atoms with Crippen molar-refractivity contribution in [2.45, 2.75) is 19.8 Å². The molecule has 0 heterocycles. The van der Waals surface area contributed by atoms with E-state index < -0.39 is 17.9 Å². The van der Waals surface area contributed by atoms with Gasteiger partial charge in [-0.25, -0.2) is 0 Å². The minimum absolute atomic E-state index is 0.181. The van der Waals surface area contributed by atoms with E-state index in [0.717, 1.165) is 0 Å². The SMILES string of the molecule is CC(CC(=O)O)C(=O)OCCCS. The van der Waals surface area contributed by atoms with E-state index in [-0.39, 0.29) is 6.42 Å². The number of carbonyl (C=O) groups excluding carboxylic acids is 1. The Hall–Kier alpha value is -0.710. The lowest BCUT2D eigenvalue weighted by molar-refractivity contribution is -0.152. The van der Waals surface area contributed by atoms with Gasteiger partial charge in [-0.15, -0.1) is 0 Å². The van der Waals surface area contributed by atoms with Crippen molar-refractivity contribution in [2.24, 2.45) is 5.92 Å². The first-order valence-electron chi connectivity index (χ1n) is 4.07. The molecule has 0 radical (unpaired) electrons. The Kier molecular flexibility index (Phi) is 6.40. The van der Waals surface area contributed by atoms with Crippen LogP contribution in [0.1, 0.15) is 19.8 Å². The van der Waals surface area contributed by atoms with E-state index in [1.165, 1.54) is 6.92 Å². The Balaban J connectivity index is 3.63. The molecule has 1 N–H and O–H groups in total. The van der Waals surface area contributed by atoms with Crippen LogP contribution in [-0.2, 0) is 14.3 Å². The number of hydrogen-bond acceptors (Lipinski definition) is 4. The largest absolute Gasteiger partial charge is 0.481 e. The molecule has 76 valence electrons. The number of carbonyl (C=O) groups is 2. The van der Waals surface area contributed by atoms with Crippen molar-refractivity contribution in [3.05, 3.63) is 0 Å². The van der Waals surface area contributed by atoms with Gasteiger partial charge in [0.05, 0.1) is 18.9 Å². The molecule has 1 atom stereocenters. The van der Waals surface area contributed by atoms with Crippen LogP contribution >= 0.6 is 12.6 Å². The lowest BCUT2D eigenvalue weighted by atomic mass is 10.1. The highest BCUT2D eigenvalue weighted by Crippen LogP contribution is 2.04. The number of esters is 1. The molecule has 0 amide bonds. The molecule has 0 aliphatic heterocycles. The lowest BCUT2D eigenvalue weighted by Crippen LogP contribution is -2.18. The number of ether oxygens (including phenoxy) is 1. The second-order valence-electron chi connectivity index (χ2n) is 2.74. The summed E-state index contributed by atoms with van der Waals surface area (Å²) in [5, 5.41) is 8.38. The first-order valence-corrected chi connectivity index (χ1v) is 4.70. The minimum Gasteiger partial charge on any atom is -0.481 e. The van der Waals surface area contributed by atoms with Crippen LogP contribution in [0, 0.1) is 5.92 Å². The number of hydrogen-bond donors (Lipinski definition) is 2. The zero-order valence-corrected chi connectivity index (χ0v) is 8.42. The molecule has 13 heavy (non-hydrogen) atoms. The van der Waals surface area contributed by atoms with Gasteiger partial charge in [-0.1, -0.05) is 6.92 Å². The normalized spacial score (nSPS) is 12.2. The predicted octanol–water partition coefficient (Wildman–Crippen LogP) is 0.960. The van der Waals surface area contributed by atoms with Crippen molar-refractivity contribution in [1.29, 1.82) is 0 Å². The number of carboxylic acids is 1. The summed E-state index contributed by atoms with van der Waals surface area (Å²) in [7, 11) is 0. The summed E-state index contributed by atoms with van der Waals surface area (Å²) < 4.78 is 4.79. The molecule has 0 aliphatic rings. The van der Waals surface area contributed by atoms with E-state index >= 15 is 0 Å². The van der Waals surface area contributed by atoms with Gasteiger partial charge in [0.15, 0.2) is 0 Å². The smallest absolute Gasteiger partial charge is 0.309 e. The second kappa shape index (κ2) is 6.77. The Bertz CT molecular complexity index is 181. The van der Waals surface area contributed by atoms with Crippen LogP contribution in [-0.4, -0.2) is 29.4 Å². The molecule has 0 aromatic rings. The van der Waals surface area contributed by atoms with E-state index in [1.807, 2.05) is 0 Å². The molecule has 0 saturated heterocycles. The average Bonchev–Trinajstić information content (AvgIpc) is 2.03. The van der Waals surface area contributed by atoms with Gasteiger partial charge >= 0.3 is 11.9 Å². The van der Waals surface area contributed by atoms with Gasteiger partial charge in [-0.2, -0.15) is 12.6 Å². The van der Waals surface area contributed by atoms with Crippen LogP contribution in [0.2, 0.25) is 0 Å². The maximum absolute atomic E-state index is 11.0. The fraction of sp³-hybridized carbons (Fsp3) is 0.750. The van der Waals surface area contributed by atoms with Crippen molar-refractivity contribution >= 4 is 24.6 Å². The highest BCUT2D eigenvalue weighted by molar-refractivity contribution is 7.80. The van der Waals surface area contributed by atoms with Gasteiger partial charge in [-0.05, 0) is 12.2 Å². The van der Waals surface area contributed by atoms with E-state index in [4.69, 9.17) is 9.84 Å². The van der Waals surface area contributed by atoms with Crippen molar-refractivity contribution < 1.29 is 19.4 Å². The standard InChI is InChI=1S/C8H14O4S/c1-6(5-7(9)10)8(11)12-3-2-4-13/h6,13H,2-5H2,1H3,(H,9,10). The van der Waals surface area contributed by atoms with E-state index in [1.54, 1.807) is 0 Å². The summed E-state index contributed by atoms with van der Waals surface area (Å²) in [6.45, 7) is 1.85. The molecule has 4 nitrogen and oxygen atoms in total. The highest BCUT2D eigenvalue weighted by atomic mass is 32.1. The van der Waals surface area contributed by atoms with E-state index in [2.05, 4.69) is 12.6 Å². The average molecular weight is 206 g/mol.